The van der Waals surface area contributed by atoms with Gasteiger partial charge >= 0.3 is 0 Å². The lowest BCUT2D eigenvalue weighted by molar-refractivity contribution is 1.32. The zero-order valence-corrected chi connectivity index (χ0v) is 18.5. The van der Waals surface area contributed by atoms with Crippen LogP contribution < -0.4 is 10.6 Å². The van der Waals surface area contributed by atoms with Gasteiger partial charge in [0.1, 0.15) is 5.82 Å². The Morgan fingerprint density at radius 1 is 0.714 bits per heavy atom. The maximum absolute atomic E-state index is 9.27. The number of fused-ring (bicyclic) bond motifs is 2. The number of hydrogen-bond acceptors (Lipinski definition) is 6. The fourth-order valence-corrected chi connectivity index (χ4v) is 4.02. The highest BCUT2D eigenvalue weighted by Crippen LogP contribution is 2.29. The Labute approximate surface area is 201 Å². The number of imidazole rings is 1. The van der Waals surface area contributed by atoms with Crippen molar-refractivity contribution in [2.75, 3.05) is 10.6 Å². The van der Waals surface area contributed by atoms with E-state index in [4.69, 9.17) is 4.98 Å². The van der Waals surface area contributed by atoms with Gasteiger partial charge in [-0.15, -0.1) is 0 Å². The third-order valence-electron chi connectivity index (χ3n) is 5.76. The molecule has 3 N–H and O–H groups in total. The smallest absolute Gasteiger partial charge is 0.138 e. The lowest BCUT2D eigenvalue weighted by Gasteiger charge is -2.09. The van der Waals surface area contributed by atoms with Crippen molar-refractivity contribution in [2.24, 2.45) is 0 Å². The minimum absolute atomic E-state index is 0.601. The molecule has 166 valence electrons. The van der Waals surface area contributed by atoms with Crippen LogP contribution in [-0.2, 0) is 0 Å². The van der Waals surface area contributed by atoms with E-state index < -0.39 is 0 Å². The summed E-state index contributed by atoms with van der Waals surface area (Å²) in [6, 6.07) is 27.6. The van der Waals surface area contributed by atoms with Crippen LogP contribution in [0.3, 0.4) is 0 Å². The van der Waals surface area contributed by atoms with Gasteiger partial charge in [-0.2, -0.15) is 5.26 Å². The molecule has 0 saturated heterocycles. The van der Waals surface area contributed by atoms with E-state index in [9.17, 15) is 5.26 Å². The van der Waals surface area contributed by atoms with Crippen molar-refractivity contribution in [1.29, 1.82) is 5.26 Å². The molecule has 0 radical (unpaired) electrons. The Kier molecular flexibility index (Phi) is 5.02. The van der Waals surface area contributed by atoms with Crippen LogP contribution in [0.15, 0.2) is 97.5 Å². The monoisotopic (exact) mass is 453 g/mol. The SMILES string of the molecule is N#Cc1ccc2nccc(Nc3ccc4nc(-c5ccc(Nc6ccncc6)cc5)[nH]c4c3)c2c1. The number of benzene rings is 3. The van der Waals surface area contributed by atoms with Gasteiger partial charge < -0.3 is 15.6 Å². The second-order valence-electron chi connectivity index (χ2n) is 8.08. The van der Waals surface area contributed by atoms with Crippen LogP contribution in [0.25, 0.3) is 33.3 Å². The van der Waals surface area contributed by atoms with E-state index in [-0.39, 0.29) is 0 Å². The molecule has 0 spiro atoms. The molecule has 0 fully saturated rings. The summed E-state index contributed by atoms with van der Waals surface area (Å²) in [6.07, 6.45) is 5.28. The summed E-state index contributed by atoms with van der Waals surface area (Å²) in [5, 5.41) is 17.0. The average molecular weight is 454 g/mol. The van der Waals surface area contributed by atoms with Gasteiger partial charge in [0.15, 0.2) is 0 Å². The van der Waals surface area contributed by atoms with Gasteiger partial charge in [0.2, 0.25) is 0 Å². The molecule has 0 aliphatic heterocycles. The summed E-state index contributed by atoms with van der Waals surface area (Å²) < 4.78 is 0. The van der Waals surface area contributed by atoms with Crippen molar-refractivity contribution < 1.29 is 0 Å². The van der Waals surface area contributed by atoms with Crippen molar-refractivity contribution in [1.82, 2.24) is 19.9 Å². The molecule has 7 nitrogen and oxygen atoms in total. The van der Waals surface area contributed by atoms with E-state index in [0.717, 1.165) is 56.1 Å². The molecule has 6 aromatic rings. The fraction of sp³-hybridized carbons (Fsp3) is 0. The normalized spacial score (nSPS) is 10.8. The van der Waals surface area contributed by atoms with E-state index in [0.29, 0.717) is 5.56 Å². The van der Waals surface area contributed by atoms with Gasteiger partial charge in [-0.25, -0.2) is 4.98 Å². The van der Waals surface area contributed by atoms with Crippen LogP contribution in [0.1, 0.15) is 5.56 Å². The molecule has 7 heteroatoms. The number of anilines is 4. The Morgan fingerprint density at radius 2 is 1.49 bits per heavy atom. The summed E-state index contributed by atoms with van der Waals surface area (Å²) in [7, 11) is 0. The number of pyridine rings is 2. The first-order valence-electron chi connectivity index (χ1n) is 11.1. The Balaban J connectivity index is 1.26. The first-order chi connectivity index (χ1) is 17.2. The molecule has 35 heavy (non-hydrogen) atoms. The van der Waals surface area contributed by atoms with Gasteiger partial charge in [-0.05, 0) is 78.9 Å². The Bertz CT molecular complexity index is 1700. The van der Waals surface area contributed by atoms with Gasteiger partial charge in [0.25, 0.3) is 0 Å². The third kappa shape index (κ3) is 4.12. The molecule has 0 unspecified atom stereocenters. The molecule has 0 bridgehead atoms. The van der Waals surface area contributed by atoms with Crippen molar-refractivity contribution in [2.45, 2.75) is 0 Å². The van der Waals surface area contributed by atoms with Crippen LogP contribution in [0.4, 0.5) is 22.7 Å². The molecular weight excluding hydrogens is 434 g/mol. The predicted octanol–water partition coefficient (Wildman–Crippen LogP) is 6.53. The van der Waals surface area contributed by atoms with Crippen molar-refractivity contribution in [3.05, 3.63) is 103 Å². The number of H-pyrrole nitrogens is 1. The Hall–Kier alpha value is -5.22. The maximum Gasteiger partial charge on any atom is 0.138 e. The number of rotatable bonds is 5. The second-order valence-corrected chi connectivity index (χ2v) is 8.08. The minimum Gasteiger partial charge on any atom is -0.355 e. The highest BCUT2D eigenvalue weighted by molar-refractivity contribution is 5.94. The van der Waals surface area contributed by atoms with E-state index in [1.54, 1.807) is 24.7 Å². The van der Waals surface area contributed by atoms with Gasteiger partial charge in [0, 0.05) is 52.3 Å². The number of nitriles is 1. The van der Waals surface area contributed by atoms with Crippen molar-refractivity contribution in [3.63, 3.8) is 0 Å². The molecule has 0 amide bonds. The molecule has 0 atom stereocenters. The molecule has 3 heterocycles. The summed E-state index contributed by atoms with van der Waals surface area (Å²) in [6.45, 7) is 0. The second kappa shape index (κ2) is 8.61. The largest absolute Gasteiger partial charge is 0.355 e. The molecule has 3 aromatic heterocycles. The molecule has 0 aliphatic rings. The van der Waals surface area contributed by atoms with Gasteiger partial charge in [-0.3, -0.25) is 9.97 Å². The number of hydrogen-bond donors (Lipinski definition) is 3. The number of nitrogens with zero attached hydrogens (tertiary/aromatic N) is 4. The third-order valence-corrected chi connectivity index (χ3v) is 5.76. The maximum atomic E-state index is 9.27. The van der Waals surface area contributed by atoms with Crippen LogP contribution >= 0.6 is 0 Å². The Morgan fingerprint density at radius 3 is 2.31 bits per heavy atom. The molecule has 3 aromatic carbocycles. The molecular formula is C28H19N7. The molecule has 6 rings (SSSR count). The van der Waals surface area contributed by atoms with E-state index in [2.05, 4.69) is 31.7 Å². The van der Waals surface area contributed by atoms with Gasteiger partial charge in [0.05, 0.1) is 28.2 Å². The zero-order valence-electron chi connectivity index (χ0n) is 18.5. The van der Waals surface area contributed by atoms with E-state index >= 15 is 0 Å². The van der Waals surface area contributed by atoms with E-state index in [1.165, 1.54) is 0 Å². The van der Waals surface area contributed by atoms with Crippen LogP contribution in [0.2, 0.25) is 0 Å². The molecule has 0 saturated carbocycles. The van der Waals surface area contributed by atoms with Crippen LogP contribution in [0, 0.1) is 11.3 Å². The highest BCUT2D eigenvalue weighted by Gasteiger charge is 2.08. The standard InChI is InChI=1S/C28H19N7/c29-17-18-1-7-24-23(15-18)25(11-14-31-24)33-22-6-8-26-27(16-22)35-28(34-26)19-2-4-20(5-3-19)32-21-9-12-30-13-10-21/h1-16H,(H,30,32)(H,31,33)(H,34,35). The van der Waals surface area contributed by atoms with Crippen LogP contribution in [0.5, 0.6) is 0 Å². The lowest BCUT2D eigenvalue weighted by Crippen LogP contribution is -1.93. The van der Waals surface area contributed by atoms with Gasteiger partial charge in [-0.1, -0.05) is 0 Å². The summed E-state index contributed by atoms with van der Waals surface area (Å²) in [4.78, 5) is 16.6. The number of aromatic amines is 1. The first kappa shape index (κ1) is 20.4. The lowest BCUT2D eigenvalue weighted by atomic mass is 10.1. The quantitative estimate of drug-likeness (QED) is 0.274. The number of nitrogens with one attached hydrogen (secondary N) is 3. The minimum atomic E-state index is 0.601. The zero-order chi connectivity index (χ0) is 23.6. The summed E-state index contributed by atoms with van der Waals surface area (Å²) in [5.74, 6) is 0.806. The summed E-state index contributed by atoms with van der Waals surface area (Å²) >= 11 is 0. The van der Waals surface area contributed by atoms with E-state index in [1.807, 2.05) is 72.8 Å². The molecule has 0 aliphatic carbocycles. The summed E-state index contributed by atoms with van der Waals surface area (Å²) in [5.41, 5.74) is 8.04. The first-order valence-corrected chi connectivity index (χ1v) is 11.1. The van der Waals surface area contributed by atoms with Crippen molar-refractivity contribution in [3.8, 4) is 17.5 Å². The van der Waals surface area contributed by atoms with Crippen molar-refractivity contribution >= 4 is 44.7 Å². The average Bonchev–Trinajstić information content (AvgIpc) is 3.33. The van der Waals surface area contributed by atoms with Crippen LogP contribution in [-0.4, -0.2) is 19.9 Å². The fourth-order valence-electron chi connectivity index (χ4n) is 4.02. The number of aromatic nitrogens is 4. The highest BCUT2D eigenvalue weighted by atomic mass is 14.9. The predicted molar refractivity (Wildman–Crippen MR) is 139 cm³/mol. The topological polar surface area (TPSA) is 102 Å².